The molecule has 0 spiro atoms. The molecule has 0 saturated heterocycles. The normalized spacial score (nSPS) is 10.3. The van der Waals surface area contributed by atoms with Crippen LogP contribution in [0, 0.1) is 5.82 Å². The lowest BCUT2D eigenvalue weighted by Crippen LogP contribution is -2.41. The number of urea groups is 1. The van der Waals surface area contributed by atoms with E-state index in [0.717, 1.165) is 44.3 Å². The van der Waals surface area contributed by atoms with Crippen molar-refractivity contribution in [3.63, 3.8) is 0 Å². The number of nitrogens with zero attached hydrogens (tertiary/aromatic N) is 1. The molecule has 0 radical (unpaired) electrons. The van der Waals surface area contributed by atoms with Crippen molar-refractivity contribution < 1.29 is 9.18 Å². The fourth-order valence-corrected chi connectivity index (χ4v) is 2.01. The van der Waals surface area contributed by atoms with Gasteiger partial charge in [0, 0.05) is 19.6 Å². The number of hydrogen-bond acceptors (Lipinski definition) is 1. The second-order valence-electron chi connectivity index (χ2n) is 4.95. The number of nitrogens with one attached hydrogen (secondary N) is 1. The van der Waals surface area contributed by atoms with E-state index < -0.39 is 0 Å². The summed E-state index contributed by atoms with van der Waals surface area (Å²) in [6.45, 7) is 6.38. The fourth-order valence-electron chi connectivity index (χ4n) is 2.01. The molecule has 0 unspecified atom stereocenters. The average Bonchev–Trinajstić information content (AvgIpc) is 2.45. The van der Waals surface area contributed by atoms with Crippen molar-refractivity contribution in [3.05, 3.63) is 35.6 Å². The largest absolute Gasteiger partial charge is 0.338 e. The Bertz CT molecular complexity index is 392. The molecule has 0 aromatic heterocycles. The van der Waals surface area contributed by atoms with Crippen molar-refractivity contribution in [2.75, 3.05) is 19.6 Å². The maximum Gasteiger partial charge on any atom is 0.317 e. The molecular formula is C16H25FN2O. The second kappa shape index (κ2) is 9.34. The third-order valence-corrected chi connectivity index (χ3v) is 3.17. The molecule has 4 heteroatoms. The molecule has 0 aliphatic rings. The molecule has 0 heterocycles. The Morgan fingerprint density at radius 2 is 1.85 bits per heavy atom. The Labute approximate surface area is 121 Å². The molecule has 1 N–H and O–H groups in total. The van der Waals surface area contributed by atoms with Gasteiger partial charge in [0.1, 0.15) is 5.82 Å². The van der Waals surface area contributed by atoms with E-state index in [1.807, 2.05) is 4.90 Å². The zero-order valence-electron chi connectivity index (χ0n) is 12.5. The van der Waals surface area contributed by atoms with Crippen LogP contribution in [0.25, 0.3) is 0 Å². The molecule has 0 fully saturated rings. The molecule has 1 aromatic carbocycles. The van der Waals surface area contributed by atoms with Gasteiger partial charge < -0.3 is 10.2 Å². The highest BCUT2D eigenvalue weighted by Gasteiger charge is 2.10. The van der Waals surface area contributed by atoms with Crippen LogP contribution in [0.4, 0.5) is 9.18 Å². The van der Waals surface area contributed by atoms with E-state index in [1.165, 1.54) is 12.1 Å². The van der Waals surface area contributed by atoms with Crippen molar-refractivity contribution in [1.29, 1.82) is 0 Å². The molecule has 1 aromatic rings. The van der Waals surface area contributed by atoms with E-state index in [2.05, 4.69) is 19.2 Å². The van der Waals surface area contributed by atoms with E-state index in [1.54, 1.807) is 12.1 Å². The Balaban J connectivity index is 2.34. The van der Waals surface area contributed by atoms with Crippen molar-refractivity contribution in [3.8, 4) is 0 Å². The van der Waals surface area contributed by atoms with E-state index in [9.17, 15) is 9.18 Å². The minimum atomic E-state index is -0.230. The summed E-state index contributed by atoms with van der Waals surface area (Å²) in [6.07, 6.45) is 3.81. The third kappa shape index (κ3) is 6.04. The predicted molar refractivity (Wildman–Crippen MR) is 80.3 cm³/mol. The molecule has 0 saturated carbocycles. The number of carbonyl (C=O) groups excluding carboxylic acids is 1. The van der Waals surface area contributed by atoms with Gasteiger partial charge >= 0.3 is 6.03 Å². The van der Waals surface area contributed by atoms with Crippen LogP contribution in [0.2, 0.25) is 0 Å². The summed E-state index contributed by atoms with van der Waals surface area (Å²) in [7, 11) is 0. The van der Waals surface area contributed by atoms with E-state index in [0.29, 0.717) is 6.54 Å². The molecular weight excluding hydrogens is 255 g/mol. The van der Waals surface area contributed by atoms with Crippen LogP contribution in [0.5, 0.6) is 0 Å². The summed E-state index contributed by atoms with van der Waals surface area (Å²) in [5, 5.41) is 2.93. The van der Waals surface area contributed by atoms with E-state index in [4.69, 9.17) is 0 Å². The highest BCUT2D eigenvalue weighted by atomic mass is 19.1. The van der Waals surface area contributed by atoms with Gasteiger partial charge in [-0.25, -0.2) is 9.18 Å². The van der Waals surface area contributed by atoms with Gasteiger partial charge in [-0.2, -0.15) is 0 Å². The van der Waals surface area contributed by atoms with Crippen LogP contribution >= 0.6 is 0 Å². The number of amides is 2. The highest BCUT2D eigenvalue weighted by Crippen LogP contribution is 2.03. The lowest BCUT2D eigenvalue weighted by molar-refractivity contribution is 0.197. The zero-order chi connectivity index (χ0) is 14.8. The number of halogens is 1. The molecule has 0 bridgehead atoms. The SMILES string of the molecule is CCCCN(CCC)C(=O)NCCc1ccc(F)cc1. The first-order valence-corrected chi connectivity index (χ1v) is 7.44. The molecule has 112 valence electrons. The van der Waals surface area contributed by atoms with Gasteiger partial charge in [0.2, 0.25) is 0 Å². The first kappa shape index (κ1) is 16.5. The van der Waals surface area contributed by atoms with Crippen LogP contribution in [0.1, 0.15) is 38.7 Å². The summed E-state index contributed by atoms with van der Waals surface area (Å²) >= 11 is 0. The first-order valence-electron chi connectivity index (χ1n) is 7.44. The van der Waals surface area contributed by atoms with E-state index >= 15 is 0 Å². The molecule has 20 heavy (non-hydrogen) atoms. The van der Waals surface area contributed by atoms with Gasteiger partial charge in [0.25, 0.3) is 0 Å². The maximum absolute atomic E-state index is 12.8. The molecule has 0 aliphatic heterocycles. The summed E-state index contributed by atoms with van der Waals surface area (Å²) in [5.74, 6) is -0.230. The van der Waals surface area contributed by atoms with Crippen molar-refractivity contribution >= 4 is 6.03 Å². The monoisotopic (exact) mass is 280 g/mol. The summed E-state index contributed by atoms with van der Waals surface area (Å²) in [5.41, 5.74) is 1.03. The summed E-state index contributed by atoms with van der Waals surface area (Å²) < 4.78 is 12.8. The van der Waals surface area contributed by atoms with Crippen molar-refractivity contribution in [2.24, 2.45) is 0 Å². The summed E-state index contributed by atoms with van der Waals surface area (Å²) in [4.78, 5) is 13.9. The second-order valence-corrected chi connectivity index (χ2v) is 4.95. The Morgan fingerprint density at radius 1 is 1.15 bits per heavy atom. The van der Waals surface area contributed by atoms with Gasteiger partial charge in [-0.15, -0.1) is 0 Å². The standard InChI is InChI=1S/C16H25FN2O/c1-3-5-13-19(12-4-2)16(20)18-11-10-14-6-8-15(17)9-7-14/h6-9H,3-5,10-13H2,1-2H3,(H,18,20). The van der Waals surface area contributed by atoms with Crippen LogP contribution in [0.15, 0.2) is 24.3 Å². The van der Waals surface area contributed by atoms with E-state index in [-0.39, 0.29) is 11.8 Å². The maximum atomic E-state index is 12.8. The van der Waals surface area contributed by atoms with Gasteiger partial charge in [0.15, 0.2) is 0 Å². The van der Waals surface area contributed by atoms with Crippen molar-refractivity contribution in [1.82, 2.24) is 10.2 Å². The first-order chi connectivity index (χ1) is 9.67. The minimum absolute atomic E-state index is 0.00223. The predicted octanol–water partition coefficient (Wildman–Crippen LogP) is 3.59. The number of benzene rings is 1. The number of rotatable bonds is 8. The fraction of sp³-hybridized carbons (Fsp3) is 0.562. The molecule has 0 atom stereocenters. The summed E-state index contributed by atoms with van der Waals surface area (Å²) in [6, 6.07) is 6.40. The smallest absolute Gasteiger partial charge is 0.317 e. The van der Waals surface area contributed by atoms with Crippen LogP contribution < -0.4 is 5.32 Å². The Hall–Kier alpha value is -1.58. The lowest BCUT2D eigenvalue weighted by Gasteiger charge is -2.22. The van der Waals surface area contributed by atoms with Gasteiger partial charge in [-0.3, -0.25) is 0 Å². The topological polar surface area (TPSA) is 32.3 Å². The van der Waals surface area contributed by atoms with Gasteiger partial charge in [-0.05, 0) is 37.0 Å². The number of unbranched alkanes of at least 4 members (excludes halogenated alkanes) is 1. The third-order valence-electron chi connectivity index (χ3n) is 3.17. The number of hydrogen-bond donors (Lipinski definition) is 1. The minimum Gasteiger partial charge on any atom is -0.338 e. The number of carbonyl (C=O) groups is 1. The lowest BCUT2D eigenvalue weighted by atomic mass is 10.1. The molecule has 2 amide bonds. The molecule has 1 rings (SSSR count). The van der Waals surface area contributed by atoms with Crippen LogP contribution in [-0.4, -0.2) is 30.6 Å². The molecule has 3 nitrogen and oxygen atoms in total. The quantitative estimate of drug-likeness (QED) is 0.775. The van der Waals surface area contributed by atoms with Gasteiger partial charge in [0.05, 0.1) is 0 Å². The zero-order valence-corrected chi connectivity index (χ0v) is 12.5. The van der Waals surface area contributed by atoms with Crippen molar-refractivity contribution in [2.45, 2.75) is 39.5 Å². The van der Waals surface area contributed by atoms with Crippen LogP contribution in [-0.2, 0) is 6.42 Å². The average molecular weight is 280 g/mol. The van der Waals surface area contributed by atoms with Crippen LogP contribution in [0.3, 0.4) is 0 Å². The Kier molecular flexibility index (Phi) is 7.70. The van der Waals surface area contributed by atoms with Gasteiger partial charge in [-0.1, -0.05) is 32.4 Å². The highest BCUT2D eigenvalue weighted by molar-refractivity contribution is 5.74. The Morgan fingerprint density at radius 3 is 2.45 bits per heavy atom. The molecule has 0 aliphatic carbocycles.